The second kappa shape index (κ2) is 8.90. The molecule has 0 saturated heterocycles. The Bertz CT molecular complexity index is 1300. The lowest BCUT2D eigenvalue weighted by Crippen LogP contribution is -2.45. The van der Waals surface area contributed by atoms with Crippen LogP contribution in [0.3, 0.4) is 0 Å². The first-order chi connectivity index (χ1) is 16.1. The Morgan fingerprint density at radius 2 is 1.65 bits per heavy atom. The molecule has 3 aromatic rings. The lowest BCUT2D eigenvalue weighted by molar-refractivity contribution is 0.0507. The lowest BCUT2D eigenvalue weighted by atomic mass is 10.1. The normalized spacial score (nSPS) is 13.0. The molecule has 0 saturated carbocycles. The van der Waals surface area contributed by atoms with E-state index in [4.69, 9.17) is 0 Å². The quantitative estimate of drug-likeness (QED) is 0.570. The Labute approximate surface area is 197 Å². The summed E-state index contributed by atoms with van der Waals surface area (Å²) in [5.41, 5.74) is 1.92. The van der Waals surface area contributed by atoms with E-state index in [0.717, 1.165) is 5.56 Å². The topological polar surface area (TPSA) is 108 Å². The summed E-state index contributed by atoms with van der Waals surface area (Å²) in [5.74, 6) is -1.42. The van der Waals surface area contributed by atoms with Gasteiger partial charge < -0.3 is 10.6 Å². The Morgan fingerprint density at radius 3 is 2.35 bits per heavy atom. The number of imide groups is 1. The number of amides is 4. The molecule has 0 radical (unpaired) electrons. The van der Waals surface area contributed by atoms with Gasteiger partial charge in [0, 0.05) is 35.7 Å². The van der Waals surface area contributed by atoms with Crippen LogP contribution < -0.4 is 10.6 Å². The summed E-state index contributed by atoms with van der Waals surface area (Å²) in [5, 5.41) is 5.62. The van der Waals surface area contributed by atoms with E-state index < -0.39 is 17.4 Å². The molecule has 34 heavy (non-hydrogen) atoms. The minimum atomic E-state index is -0.664. The molecule has 4 rings (SSSR count). The molecule has 0 spiro atoms. The number of aromatic nitrogens is 1. The summed E-state index contributed by atoms with van der Waals surface area (Å²) < 4.78 is 0. The second-order valence-corrected chi connectivity index (χ2v) is 8.96. The molecule has 172 valence electrons. The zero-order valence-corrected chi connectivity index (χ0v) is 19.1. The molecule has 0 fully saturated rings. The third-order valence-electron chi connectivity index (χ3n) is 5.38. The van der Waals surface area contributed by atoms with Crippen molar-refractivity contribution in [2.45, 2.75) is 32.9 Å². The molecule has 0 aliphatic carbocycles. The van der Waals surface area contributed by atoms with E-state index in [-0.39, 0.29) is 29.5 Å². The van der Waals surface area contributed by atoms with Crippen molar-refractivity contribution in [3.63, 3.8) is 0 Å². The van der Waals surface area contributed by atoms with E-state index in [1.807, 2.05) is 6.07 Å². The fraction of sp³-hybridized carbons (Fsp3) is 0.192. The van der Waals surface area contributed by atoms with Gasteiger partial charge in [-0.3, -0.25) is 29.1 Å². The van der Waals surface area contributed by atoms with Crippen molar-refractivity contribution in [3.8, 4) is 0 Å². The van der Waals surface area contributed by atoms with Gasteiger partial charge >= 0.3 is 0 Å². The second-order valence-electron chi connectivity index (χ2n) is 8.96. The highest BCUT2D eigenvalue weighted by Crippen LogP contribution is 2.30. The number of hydrogen-bond acceptors (Lipinski definition) is 5. The van der Waals surface area contributed by atoms with Gasteiger partial charge in [-0.15, -0.1) is 0 Å². The van der Waals surface area contributed by atoms with Crippen LogP contribution in [0.4, 0.5) is 5.69 Å². The zero-order valence-electron chi connectivity index (χ0n) is 19.1. The minimum Gasteiger partial charge on any atom is -0.348 e. The number of hydrogen-bond donors (Lipinski definition) is 2. The van der Waals surface area contributed by atoms with Crippen molar-refractivity contribution < 1.29 is 19.2 Å². The van der Waals surface area contributed by atoms with Crippen LogP contribution in [0, 0.1) is 0 Å². The van der Waals surface area contributed by atoms with Gasteiger partial charge in [0.15, 0.2) is 0 Å². The summed E-state index contributed by atoms with van der Waals surface area (Å²) in [4.78, 5) is 55.6. The fourth-order valence-corrected chi connectivity index (χ4v) is 3.74. The molecular weight excluding hydrogens is 432 g/mol. The van der Waals surface area contributed by atoms with Gasteiger partial charge in [-0.25, -0.2) is 0 Å². The van der Waals surface area contributed by atoms with Crippen LogP contribution >= 0.6 is 0 Å². The molecule has 2 aromatic carbocycles. The summed E-state index contributed by atoms with van der Waals surface area (Å²) in [6.45, 7) is 5.63. The maximum atomic E-state index is 12.8. The molecule has 0 atom stereocenters. The number of anilines is 1. The highest BCUT2D eigenvalue weighted by Gasteiger charge is 2.42. The molecular formula is C26H24N4O4. The first-order valence-electron chi connectivity index (χ1n) is 10.8. The highest BCUT2D eigenvalue weighted by molar-refractivity contribution is 6.22. The number of benzene rings is 2. The van der Waals surface area contributed by atoms with Gasteiger partial charge in [0.05, 0.1) is 16.7 Å². The van der Waals surface area contributed by atoms with Crippen LogP contribution in [0.2, 0.25) is 0 Å². The van der Waals surface area contributed by atoms with Crippen LogP contribution in [0.5, 0.6) is 0 Å². The smallest absolute Gasteiger partial charge is 0.262 e. The van der Waals surface area contributed by atoms with E-state index >= 15 is 0 Å². The van der Waals surface area contributed by atoms with Gasteiger partial charge in [-0.1, -0.05) is 12.1 Å². The first kappa shape index (κ1) is 22.8. The molecule has 8 heteroatoms. The largest absolute Gasteiger partial charge is 0.348 e. The van der Waals surface area contributed by atoms with E-state index in [1.54, 1.807) is 57.3 Å². The molecule has 0 bridgehead atoms. The number of fused-ring (bicyclic) bond motifs is 1. The van der Waals surface area contributed by atoms with Crippen LogP contribution in [-0.2, 0) is 6.54 Å². The molecule has 0 unspecified atom stereocenters. The van der Waals surface area contributed by atoms with Crippen LogP contribution in [0.1, 0.15) is 67.8 Å². The summed E-state index contributed by atoms with van der Waals surface area (Å²) in [6, 6.07) is 15.0. The van der Waals surface area contributed by atoms with Gasteiger partial charge in [-0.05, 0) is 68.8 Å². The SMILES string of the molecule is CC(C)(C)N1C(=O)c2ccc(C(=O)Nc3cccc(CNC(=O)c4cccnc4)c3)cc2C1=O. The predicted octanol–water partition coefficient (Wildman–Crippen LogP) is 3.66. The van der Waals surface area contributed by atoms with Crippen LogP contribution in [-0.4, -0.2) is 39.1 Å². The minimum absolute atomic E-state index is 0.222. The lowest BCUT2D eigenvalue weighted by Gasteiger charge is -2.29. The van der Waals surface area contributed by atoms with Crippen LogP contribution in [0.25, 0.3) is 0 Å². The molecule has 8 nitrogen and oxygen atoms in total. The summed E-state index contributed by atoms with van der Waals surface area (Å²) in [6.07, 6.45) is 3.08. The average Bonchev–Trinajstić information content (AvgIpc) is 3.07. The third-order valence-corrected chi connectivity index (χ3v) is 5.38. The molecule has 1 aliphatic heterocycles. The van der Waals surface area contributed by atoms with Gasteiger partial charge in [-0.2, -0.15) is 0 Å². The average molecular weight is 457 g/mol. The Morgan fingerprint density at radius 1 is 0.882 bits per heavy atom. The standard InChI is InChI=1S/C26H24N4O4/c1-26(2,3)30-24(33)20-10-9-17(13-21(20)25(30)34)23(32)29-19-8-4-6-16(12-19)14-28-22(31)18-7-5-11-27-15-18/h4-13,15H,14H2,1-3H3,(H,28,31)(H,29,32). The third kappa shape index (κ3) is 4.56. The van der Waals surface area contributed by atoms with Crippen molar-refractivity contribution in [2.75, 3.05) is 5.32 Å². The summed E-state index contributed by atoms with van der Waals surface area (Å²) in [7, 11) is 0. The molecule has 4 amide bonds. The number of pyridine rings is 1. The van der Waals surface area contributed by atoms with Gasteiger partial charge in [0.2, 0.25) is 0 Å². The maximum Gasteiger partial charge on any atom is 0.262 e. The molecule has 2 N–H and O–H groups in total. The Balaban J connectivity index is 1.45. The van der Waals surface area contributed by atoms with E-state index in [1.165, 1.54) is 29.3 Å². The maximum absolute atomic E-state index is 12.8. The fourth-order valence-electron chi connectivity index (χ4n) is 3.74. The van der Waals surface area contributed by atoms with Crippen LogP contribution in [0.15, 0.2) is 67.0 Å². The van der Waals surface area contributed by atoms with Crippen molar-refractivity contribution >= 4 is 29.3 Å². The van der Waals surface area contributed by atoms with Gasteiger partial charge in [0.1, 0.15) is 0 Å². The van der Waals surface area contributed by atoms with E-state index in [2.05, 4.69) is 15.6 Å². The highest BCUT2D eigenvalue weighted by atomic mass is 16.2. The zero-order chi connectivity index (χ0) is 24.5. The number of nitrogens with zero attached hydrogens (tertiary/aromatic N) is 2. The Hall–Kier alpha value is -4.33. The molecule has 2 heterocycles. The van der Waals surface area contributed by atoms with Gasteiger partial charge in [0.25, 0.3) is 23.6 Å². The molecule has 1 aliphatic rings. The van der Waals surface area contributed by atoms with Crippen molar-refractivity contribution in [3.05, 3.63) is 94.8 Å². The first-order valence-corrected chi connectivity index (χ1v) is 10.8. The number of rotatable bonds is 5. The van der Waals surface area contributed by atoms with Crippen molar-refractivity contribution in [1.82, 2.24) is 15.2 Å². The number of carbonyl (C=O) groups is 4. The Kier molecular flexibility index (Phi) is 5.98. The predicted molar refractivity (Wildman–Crippen MR) is 126 cm³/mol. The van der Waals surface area contributed by atoms with Crippen molar-refractivity contribution in [1.29, 1.82) is 0 Å². The van der Waals surface area contributed by atoms with E-state index in [0.29, 0.717) is 16.8 Å². The number of nitrogens with one attached hydrogen (secondary N) is 2. The molecule has 1 aromatic heterocycles. The van der Waals surface area contributed by atoms with Crippen molar-refractivity contribution in [2.24, 2.45) is 0 Å². The number of carbonyl (C=O) groups excluding carboxylic acids is 4. The monoisotopic (exact) mass is 456 g/mol. The van der Waals surface area contributed by atoms with E-state index in [9.17, 15) is 19.2 Å². The summed E-state index contributed by atoms with van der Waals surface area (Å²) >= 11 is 0.